The molecule has 1 aromatic rings. The molecule has 0 spiro atoms. The third-order valence-corrected chi connectivity index (χ3v) is 4.16. The highest BCUT2D eigenvalue weighted by Gasteiger charge is 2.09. The molecule has 0 fully saturated rings. The lowest BCUT2D eigenvalue weighted by Crippen LogP contribution is -2.03. The molecule has 128 valence electrons. The van der Waals surface area contributed by atoms with E-state index in [4.69, 9.17) is 14.3 Å². The van der Waals surface area contributed by atoms with Crippen molar-refractivity contribution in [3.63, 3.8) is 0 Å². The molecule has 0 bridgehead atoms. The van der Waals surface area contributed by atoms with E-state index < -0.39 is 0 Å². The van der Waals surface area contributed by atoms with Crippen molar-refractivity contribution in [1.82, 2.24) is 0 Å². The summed E-state index contributed by atoms with van der Waals surface area (Å²) in [4.78, 5) is 5.13. The molecule has 8 heteroatoms. The Morgan fingerprint density at radius 1 is 1.09 bits per heavy atom. The zero-order chi connectivity index (χ0) is 17.2. The van der Waals surface area contributed by atoms with E-state index in [1.54, 1.807) is 0 Å². The second-order valence-electron chi connectivity index (χ2n) is 4.59. The number of ether oxygens (including phenoxy) is 2. The molecule has 0 aliphatic heterocycles. The van der Waals surface area contributed by atoms with Crippen LogP contribution in [0.15, 0.2) is 35.7 Å². The number of benzene rings is 1. The van der Waals surface area contributed by atoms with E-state index in [1.165, 1.54) is 0 Å². The lowest BCUT2D eigenvalue weighted by atomic mass is 10.3. The number of hydrogen-bond acceptors (Lipinski definition) is 4. The van der Waals surface area contributed by atoms with Crippen molar-refractivity contribution in [2.45, 2.75) is 20.3 Å². The normalized spacial score (nSPS) is 10.0. The standard InChI is InChI=1S/C15H17Br4NO3/c1-10(2)20-23-6-3-5-22-15-12(16)8-11(9-13(15)17)21-7-4-14(18)19/h4,8-9H,3,5-7H2,1-2H3. The van der Waals surface area contributed by atoms with Gasteiger partial charge in [-0.05, 0) is 95.8 Å². The highest BCUT2D eigenvalue weighted by Crippen LogP contribution is 2.37. The molecule has 0 saturated heterocycles. The Hall–Kier alpha value is -0.0500. The van der Waals surface area contributed by atoms with Gasteiger partial charge in [0.25, 0.3) is 0 Å². The summed E-state index contributed by atoms with van der Waals surface area (Å²) in [6.45, 7) is 5.30. The van der Waals surface area contributed by atoms with E-state index in [1.807, 2.05) is 32.1 Å². The van der Waals surface area contributed by atoms with Gasteiger partial charge in [0, 0.05) is 6.42 Å². The summed E-state index contributed by atoms with van der Waals surface area (Å²) in [6.07, 6.45) is 2.62. The van der Waals surface area contributed by atoms with Gasteiger partial charge in [0.05, 0.1) is 24.7 Å². The first-order chi connectivity index (χ1) is 10.9. The van der Waals surface area contributed by atoms with Crippen molar-refractivity contribution in [1.29, 1.82) is 0 Å². The van der Waals surface area contributed by atoms with Gasteiger partial charge in [-0.25, -0.2) is 0 Å². The van der Waals surface area contributed by atoms with Crippen molar-refractivity contribution < 1.29 is 14.3 Å². The van der Waals surface area contributed by atoms with Crippen LogP contribution in [0.4, 0.5) is 0 Å². The lowest BCUT2D eigenvalue weighted by Gasteiger charge is -2.12. The van der Waals surface area contributed by atoms with E-state index >= 15 is 0 Å². The molecular weight excluding hydrogens is 562 g/mol. The Kier molecular flexibility index (Phi) is 10.5. The van der Waals surface area contributed by atoms with Gasteiger partial charge in [-0.2, -0.15) is 0 Å². The fourth-order valence-electron chi connectivity index (χ4n) is 1.43. The van der Waals surface area contributed by atoms with Crippen molar-refractivity contribution in [3.05, 3.63) is 30.5 Å². The molecule has 23 heavy (non-hydrogen) atoms. The summed E-state index contributed by atoms with van der Waals surface area (Å²) < 4.78 is 13.9. The monoisotopic (exact) mass is 575 g/mol. The van der Waals surface area contributed by atoms with Crippen LogP contribution < -0.4 is 9.47 Å². The van der Waals surface area contributed by atoms with Crippen LogP contribution >= 0.6 is 63.7 Å². The second kappa shape index (κ2) is 11.5. The van der Waals surface area contributed by atoms with Gasteiger partial charge in [-0.15, -0.1) is 0 Å². The zero-order valence-electron chi connectivity index (χ0n) is 12.7. The van der Waals surface area contributed by atoms with Gasteiger partial charge < -0.3 is 14.3 Å². The molecule has 0 atom stereocenters. The molecule has 0 heterocycles. The number of oxime groups is 1. The Balaban J connectivity index is 2.50. The fourth-order valence-corrected chi connectivity index (χ4v) is 3.07. The first kappa shape index (κ1) is 21.0. The van der Waals surface area contributed by atoms with Crippen LogP contribution in [0, 0.1) is 0 Å². The van der Waals surface area contributed by atoms with Crippen molar-refractivity contribution in [2.75, 3.05) is 19.8 Å². The first-order valence-corrected chi connectivity index (χ1v) is 9.96. The summed E-state index contributed by atoms with van der Waals surface area (Å²) >= 11 is 13.6. The summed E-state index contributed by atoms with van der Waals surface area (Å²) in [6, 6.07) is 3.74. The van der Waals surface area contributed by atoms with Crippen LogP contribution in [0.5, 0.6) is 11.5 Å². The maximum atomic E-state index is 5.77. The average molecular weight is 579 g/mol. The SMILES string of the molecule is CC(C)=NOCCCOc1c(Br)cc(OCC=C(Br)Br)cc1Br. The van der Waals surface area contributed by atoms with Gasteiger partial charge in [0.15, 0.2) is 0 Å². The highest BCUT2D eigenvalue weighted by molar-refractivity contribution is 9.28. The van der Waals surface area contributed by atoms with Crippen LogP contribution in [-0.4, -0.2) is 25.5 Å². The van der Waals surface area contributed by atoms with Crippen LogP contribution in [0.3, 0.4) is 0 Å². The Morgan fingerprint density at radius 3 is 2.30 bits per heavy atom. The molecule has 0 amide bonds. The summed E-state index contributed by atoms with van der Waals surface area (Å²) in [5, 5.41) is 3.87. The van der Waals surface area contributed by atoms with Crippen LogP contribution in [0.25, 0.3) is 0 Å². The van der Waals surface area contributed by atoms with Crippen LogP contribution in [0.2, 0.25) is 0 Å². The van der Waals surface area contributed by atoms with Gasteiger partial charge in [-0.3, -0.25) is 0 Å². The molecule has 1 aromatic carbocycles. The van der Waals surface area contributed by atoms with E-state index in [0.717, 1.165) is 36.0 Å². The van der Waals surface area contributed by atoms with E-state index in [2.05, 4.69) is 68.9 Å². The van der Waals surface area contributed by atoms with Crippen LogP contribution in [0.1, 0.15) is 20.3 Å². The molecule has 0 N–H and O–H groups in total. The molecule has 0 unspecified atom stereocenters. The van der Waals surface area contributed by atoms with E-state index in [-0.39, 0.29) is 0 Å². The maximum Gasteiger partial charge on any atom is 0.147 e. The summed E-state index contributed by atoms with van der Waals surface area (Å²) in [5.41, 5.74) is 0.897. The van der Waals surface area contributed by atoms with Gasteiger partial charge in [0.1, 0.15) is 24.7 Å². The topological polar surface area (TPSA) is 40.0 Å². The third-order valence-electron chi connectivity index (χ3n) is 2.33. The second-order valence-corrected chi connectivity index (χ2v) is 9.08. The Labute approximate surface area is 170 Å². The van der Waals surface area contributed by atoms with Crippen molar-refractivity contribution >= 4 is 69.4 Å². The largest absolute Gasteiger partial charge is 0.491 e. The van der Waals surface area contributed by atoms with E-state index in [0.29, 0.717) is 19.8 Å². The quantitative estimate of drug-likeness (QED) is 0.193. The number of hydrogen-bond donors (Lipinski definition) is 0. The smallest absolute Gasteiger partial charge is 0.147 e. The predicted molar refractivity (Wildman–Crippen MR) is 108 cm³/mol. The van der Waals surface area contributed by atoms with Crippen LogP contribution in [-0.2, 0) is 4.84 Å². The Morgan fingerprint density at radius 2 is 1.74 bits per heavy atom. The predicted octanol–water partition coefficient (Wildman–Crippen LogP) is 6.40. The molecule has 1 rings (SSSR count). The average Bonchev–Trinajstić information content (AvgIpc) is 2.44. The third kappa shape index (κ3) is 9.12. The highest BCUT2D eigenvalue weighted by atomic mass is 79.9. The van der Waals surface area contributed by atoms with Crippen molar-refractivity contribution in [3.8, 4) is 11.5 Å². The van der Waals surface area contributed by atoms with Gasteiger partial charge in [0.2, 0.25) is 0 Å². The van der Waals surface area contributed by atoms with Gasteiger partial charge >= 0.3 is 0 Å². The fraction of sp³-hybridized carbons (Fsp3) is 0.400. The van der Waals surface area contributed by atoms with Gasteiger partial charge in [-0.1, -0.05) is 5.16 Å². The first-order valence-electron chi connectivity index (χ1n) is 6.79. The molecular formula is C15H17Br4NO3. The minimum atomic E-state index is 0.458. The minimum absolute atomic E-state index is 0.458. The molecule has 0 saturated carbocycles. The maximum absolute atomic E-state index is 5.77. The Bertz CT molecular complexity index is 545. The number of nitrogens with zero attached hydrogens (tertiary/aromatic N) is 1. The molecule has 0 radical (unpaired) electrons. The molecule has 4 nitrogen and oxygen atoms in total. The number of rotatable bonds is 9. The molecule has 0 aliphatic carbocycles. The molecule has 0 aliphatic rings. The minimum Gasteiger partial charge on any atom is -0.491 e. The summed E-state index contributed by atoms with van der Waals surface area (Å²) in [5.74, 6) is 1.48. The number of halogens is 4. The van der Waals surface area contributed by atoms with E-state index in [9.17, 15) is 0 Å². The zero-order valence-corrected chi connectivity index (χ0v) is 19.1. The summed E-state index contributed by atoms with van der Waals surface area (Å²) in [7, 11) is 0. The van der Waals surface area contributed by atoms with Crippen molar-refractivity contribution in [2.24, 2.45) is 5.16 Å². The lowest BCUT2D eigenvalue weighted by molar-refractivity contribution is 0.127. The molecule has 0 aromatic heterocycles.